The third-order valence-corrected chi connectivity index (χ3v) is 4.66. The zero-order valence-corrected chi connectivity index (χ0v) is 15.6. The Morgan fingerprint density at radius 2 is 1.85 bits per heavy atom. The Balaban J connectivity index is 1.55. The summed E-state index contributed by atoms with van der Waals surface area (Å²) in [4.78, 5) is 16.4. The molecule has 0 aliphatic heterocycles. The van der Waals surface area contributed by atoms with Gasteiger partial charge in [0.2, 0.25) is 17.6 Å². The van der Waals surface area contributed by atoms with Crippen molar-refractivity contribution >= 4 is 29.1 Å². The van der Waals surface area contributed by atoms with E-state index in [-0.39, 0.29) is 18.9 Å². The van der Waals surface area contributed by atoms with Crippen LogP contribution in [0.4, 0.5) is 0 Å². The second kappa shape index (κ2) is 8.34. The lowest BCUT2D eigenvalue weighted by molar-refractivity contribution is -0.121. The number of rotatable bonds is 6. The summed E-state index contributed by atoms with van der Waals surface area (Å²) >= 11 is 12.2. The van der Waals surface area contributed by atoms with Crippen molar-refractivity contribution in [2.24, 2.45) is 0 Å². The van der Waals surface area contributed by atoms with Crippen LogP contribution in [0.25, 0.3) is 11.4 Å². The molecule has 0 spiro atoms. The van der Waals surface area contributed by atoms with Crippen molar-refractivity contribution in [2.45, 2.75) is 26.3 Å². The minimum Gasteiger partial charge on any atom is -0.347 e. The van der Waals surface area contributed by atoms with Crippen molar-refractivity contribution in [1.29, 1.82) is 0 Å². The maximum atomic E-state index is 12.1. The van der Waals surface area contributed by atoms with Gasteiger partial charge in [-0.25, -0.2) is 0 Å². The molecule has 134 valence electrons. The quantitative estimate of drug-likeness (QED) is 0.668. The summed E-state index contributed by atoms with van der Waals surface area (Å²) in [6.07, 6.45) is 0.727. The molecule has 7 heteroatoms. The number of nitrogens with zero attached hydrogens (tertiary/aromatic N) is 2. The Labute approximate surface area is 161 Å². The van der Waals surface area contributed by atoms with E-state index in [9.17, 15) is 4.79 Å². The molecule has 0 saturated carbocycles. The number of carbonyl (C=O) groups is 1. The van der Waals surface area contributed by atoms with Gasteiger partial charge in [-0.3, -0.25) is 4.79 Å². The van der Waals surface area contributed by atoms with Gasteiger partial charge in [-0.15, -0.1) is 0 Å². The Kier molecular flexibility index (Phi) is 5.91. The fourth-order valence-electron chi connectivity index (χ4n) is 2.53. The molecule has 1 heterocycles. The molecule has 1 amide bonds. The molecule has 0 unspecified atom stereocenters. The highest BCUT2D eigenvalue weighted by Gasteiger charge is 2.12. The molecular weight excluding hydrogens is 373 g/mol. The van der Waals surface area contributed by atoms with Crippen molar-refractivity contribution in [3.8, 4) is 11.4 Å². The molecule has 0 saturated heterocycles. The van der Waals surface area contributed by atoms with E-state index in [0.29, 0.717) is 28.2 Å². The topological polar surface area (TPSA) is 68.0 Å². The van der Waals surface area contributed by atoms with E-state index >= 15 is 0 Å². The van der Waals surface area contributed by atoms with Gasteiger partial charge in [0.1, 0.15) is 0 Å². The monoisotopic (exact) mass is 389 g/mol. The predicted octanol–water partition coefficient (Wildman–Crippen LogP) is 4.60. The van der Waals surface area contributed by atoms with E-state index in [1.807, 2.05) is 31.2 Å². The first-order valence-electron chi connectivity index (χ1n) is 8.13. The predicted molar refractivity (Wildman–Crippen MR) is 101 cm³/mol. The highest BCUT2D eigenvalue weighted by atomic mass is 35.5. The lowest BCUT2D eigenvalue weighted by Crippen LogP contribution is -2.23. The van der Waals surface area contributed by atoms with Crippen LogP contribution >= 0.6 is 23.2 Å². The second-order valence-electron chi connectivity index (χ2n) is 5.80. The first-order valence-corrected chi connectivity index (χ1v) is 8.88. The molecule has 1 N–H and O–H groups in total. The average Bonchev–Trinajstić information content (AvgIpc) is 3.09. The van der Waals surface area contributed by atoms with E-state index in [1.54, 1.807) is 18.2 Å². The minimum atomic E-state index is -0.142. The first kappa shape index (κ1) is 18.4. The van der Waals surface area contributed by atoms with Gasteiger partial charge in [0.05, 0.1) is 6.54 Å². The number of benzene rings is 2. The number of carbonyl (C=O) groups excluding carboxylic acids is 1. The van der Waals surface area contributed by atoms with Gasteiger partial charge in [0, 0.05) is 22.0 Å². The summed E-state index contributed by atoms with van der Waals surface area (Å²) < 4.78 is 5.21. The van der Waals surface area contributed by atoms with Crippen molar-refractivity contribution < 1.29 is 9.32 Å². The highest BCUT2D eigenvalue weighted by molar-refractivity contribution is 6.36. The van der Waals surface area contributed by atoms with E-state index in [1.165, 1.54) is 0 Å². The molecule has 1 aromatic heterocycles. The van der Waals surface area contributed by atoms with Crippen molar-refractivity contribution in [3.63, 3.8) is 0 Å². The summed E-state index contributed by atoms with van der Waals surface area (Å²) in [5.41, 5.74) is 2.73. The fourth-order valence-corrected chi connectivity index (χ4v) is 3.12. The maximum absolute atomic E-state index is 12.1. The molecule has 26 heavy (non-hydrogen) atoms. The summed E-state index contributed by atoms with van der Waals surface area (Å²) in [5.74, 6) is 0.721. The fraction of sp³-hybridized carbons (Fsp3) is 0.211. The molecule has 0 bridgehead atoms. The molecule has 3 rings (SSSR count). The number of amides is 1. The molecule has 3 aromatic rings. The van der Waals surface area contributed by atoms with E-state index in [0.717, 1.165) is 16.7 Å². The number of hydrogen-bond acceptors (Lipinski definition) is 4. The normalized spacial score (nSPS) is 10.7. The second-order valence-corrected chi connectivity index (χ2v) is 6.62. The Hall–Kier alpha value is -2.37. The molecule has 0 radical (unpaired) electrons. The molecule has 0 fully saturated rings. The summed E-state index contributed by atoms with van der Waals surface area (Å²) in [6.45, 7) is 2.15. The van der Waals surface area contributed by atoms with Gasteiger partial charge in [-0.1, -0.05) is 58.7 Å². The molecule has 2 aromatic carbocycles. The van der Waals surface area contributed by atoms with Crippen molar-refractivity contribution in [1.82, 2.24) is 15.5 Å². The zero-order chi connectivity index (χ0) is 18.5. The van der Waals surface area contributed by atoms with Crippen molar-refractivity contribution in [2.75, 3.05) is 0 Å². The number of aryl methyl sites for hydroxylation is 1. The lowest BCUT2D eigenvalue weighted by atomic mass is 10.1. The van der Waals surface area contributed by atoms with Crippen LogP contribution in [-0.4, -0.2) is 16.0 Å². The minimum absolute atomic E-state index is 0.142. The smallest absolute Gasteiger partial charge is 0.246 e. The number of aromatic nitrogens is 2. The third kappa shape index (κ3) is 4.42. The Morgan fingerprint density at radius 1 is 1.12 bits per heavy atom. The van der Waals surface area contributed by atoms with Gasteiger partial charge >= 0.3 is 0 Å². The summed E-state index contributed by atoms with van der Waals surface area (Å²) in [5, 5.41) is 7.86. The summed E-state index contributed by atoms with van der Waals surface area (Å²) in [7, 11) is 0. The van der Waals surface area contributed by atoms with Crippen LogP contribution in [0.2, 0.25) is 10.0 Å². The highest BCUT2D eigenvalue weighted by Crippen LogP contribution is 2.25. The van der Waals surface area contributed by atoms with E-state index in [2.05, 4.69) is 15.5 Å². The summed E-state index contributed by atoms with van der Waals surface area (Å²) in [6, 6.07) is 13.1. The van der Waals surface area contributed by atoms with Crippen LogP contribution in [0.15, 0.2) is 47.0 Å². The van der Waals surface area contributed by atoms with Crippen LogP contribution in [0.1, 0.15) is 23.4 Å². The number of hydrogen-bond donors (Lipinski definition) is 1. The SMILES string of the molecule is Cc1ccccc1-c1noc(CNC(=O)CCc2c(Cl)cccc2Cl)n1. The van der Waals surface area contributed by atoms with Crippen LogP contribution in [-0.2, 0) is 17.8 Å². The third-order valence-electron chi connectivity index (χ3n) is 3.95. The van der Waals surface area contributed by atoms with Gasteiger partial charge in [-0.2, -0.15) is 4.98 Å². The molecule has 0 atom stereocenters. The van der Waals surface area contributed by atoms with E-state index < -0.39 is 0 Å². The first-order chi connectivity index (χ1) is 12.5. The standard InChI is InChI=1S/C19H17Cl2N3O2/c1-12-5-2-3-6-13(12)19-23-18(26-24-19)11-22-17(25)10-9-14-15(20)7-4-8-16(14)21/h2-8H,9-11H2,1H3,(H,22,25). The van der Waals surface area contributed by atoms with Gasteiger partial charge in [0.25, 0.3) is 0 Å². The molecule has 0 aliphatic rings. The van der Waals surface area contributed by atoms with Gasteiger partial charge in [0.15, 0.2) is 0 Å². The Morgan fingerprint density at radius 3 is 2.58 bits per heavy atom. The van der Waals surface area contributed by atoms with Crippen LogP contribution in [0.3, 0.4) is 0 Å². The van der Waals surface area contributed by atoms with Gasteiger partial charge in [-0.05, 0) is 36.6 Å². The maximum Gasteiger partial charge on any atom is 0.246 e. The van der Waals surface area contributed by atoms with Crippen LogP contribution < -0.4 is 5.32 Å². The zero-order valence-electron chi connectivity index (χ0n) is 14.1. The van der Waals surface area contributed by atoms with Crippen LogP contribution in [0, 0.1) is 6.92 Å². The average molecular weight is 390 g/mol. The molecular formula is C19H17Cl2N3O2. The van der Waals surface area contributed by atoms with E-state index in [4.69, 9.17) is 27.7 Å². The van der Waals surface area contributed by atoms with Crippen LogP contribution in [0.5, 0.6) is 0 Å². The largest absolute Gasteiger partial charge is 0.347 e. The number of halogens is 2. The Bertz CT molecular complexity index is 904. The lowest BCUT2D eigenvalue weighted by Gasteiger charge is -2.06. The molecule has 0 aliphatic carbocycles. The molecule has 5 nitrogen and oxygen atoms in total. The van der Waals surface area contributed by atoms with Gasteiger partial charge < -0.3 is 9.84 Å². The number of nitrogens with one attached hydrogen (secondary N) is 1. The van der Waals surface area contributed by atoms with Crippen molar-refractivity contribution in [3.05, 3.63) is 69.5 Å².